The van der Waals surface area contributed by atoms with E-state index in [4.69, 9.17) is 0 Å². The standard InChI is InChI=1S/C11H12N2O2S/c1-7(14)6-10(15)12-11-8-4-2-3-5-9(8)16-13-11/h2-5,11,13H,6H2,1H3,(H,12,15). The fourth-order valence-corrected chi connectivity index (χ4v) is 2.42. The summed E-state index contributed by atoms with van der Waals surface area (Å²) in [5.74, 6) is -0.376. The molecule has 0 bridgehead atoms. The molecule has 2 N–H and O–H groups in total. The van der Waals surface area contributed by atoms with Crippen LogP contribution in [0.5, 0.6) is 0 Å². The lowest BCUT2D eigenvalue weighted by molar-refractivity contribution is -0.127. The molecule has 0 aromatic heterocycles. The van der Waals surface area contributed by atoms with E-state index >= 15 is 0 Å². The highest BCUT2D eigenvalue weighted by atomic mass is 32.2. The number of carbonyl (C=O) groups excluding carboxylic acids is 2. The lowest BCUT2D eigenvalue weighted by Gasteiger charge is -2.12. The van der Waals surface area contributed by atoms with E-state index in [2.05, 4.69) is 10.0 Å². The smallest absolute Gasteiger partial charge is 0.228 e. The summed E-state index contributed by atoms with van der Waals surface area (Å²) in [5.41, 5.74) is 1.05. The van der Waals surface area contributed by atoms with Crippen molar-refractivity contribution in [3.63, 3.8) is 0 Å². The Hall–Kier alpha value is -1.33. The van der Waals surface area contributed by atoms with E-state index in [1.807, 2.05) is 24.3 Å². The van der Waals surface area contributed by atoms with Gasteiger partial charge in [-0.15, -0.1) is 0 Å². The molecule has 84 valence electrons. The summed E-state index contributed by atoms with van der Waals surface area (Å²) in [5, 5.41) is 2.77. The summed E-state index contributed by atoms with van der Waals surface area (Å²) in [6, 6.07) is 7.83. The summed E-state index contributed by atoms with van der Waals surface area (Å²) < 4.78 is 3.10. The first kappa shape index (κ1) is 11.2. The third-order valence-electron chi connectivity index (χ3n) is 2.23. The molecular weight excluding hydrogens is 224 g/mol. The molecule has 0 radical (unpaired) electrons. The van der Waals surface area contributed by atoms with Crippen molar-refractivity contribution < 1.29 is 9.59 Å². The normalized spacial score (nSPS) is 17.9. The zero-order valence-electron chi connectivity index (χ0n) is 8.82. The Labute approximate surface area is 97.9 Å². The first-order chi connectivity index (χ1) is 7.66. The second kappa shape index (κ2) is 4.67. The molecule has 0 saturated heterocycles. The minimum atomic E-state index is -0.248. The highest BCUT2D eigenvalue weighted by Crippen LogP contribution is 2.32. The van der Waals surface area contributed by atoms with Crippen LogP contribution in [-0.4, -0.2) is 11.7 Å². The maximum absolute atomic E-state index is 11.4. The van der Waals surface area contributed by atoms with E-state index in [0.717, 1.165) is 10.5 Å². The van der Waals surface area contributed by atoms with E-state index in [9.17, 15) is 9.59 Å². The van der Waals surface area contributed by atoms with Crippen molar-refractivity contribution in [3.8, 4) is 0 Å². The number of Topliss-reactive ketones (excluding diaryl/α,β-unsaturated/α-hetero) is 1. The summed E-state index contributed by atoms with van der Waals surface area (Å²) in [6.45, 7) is 1.41. The highest BCUT2D eigenvalue weighted by molar-refractivity contribution is 7.97. The molecule has 0 fully saturated rings. The molecule has 0 spiro atoms. The Kier molecular flexibility index (Phi) is 3.26. The Bertz CT molecular complexity index is 434. The topological polar surface area (TPSA) is 58.2 Å². The van der Waals surface area contributed by atoms with Gasteiger partial charge in [0, 0.05) is 10.5 Å². The first-order valence-corrected chi connectivity index (χ1v) is 5.78. The molecule has 1 aromatic rings. The van der Waals surface area contributed by atoms with Crippen molar-refractivity contribution in [3.05, 3.63) is 29.8 Å². The largest absolute Gasteiger partial charge is 0.336 e. The Morgan fingerprint density at radius 1 is 1.44 bits per heavy atom. The number of amides is 1. The molecule has 1 aliphatic heterocycles. The fourth-order valence-electron chi connectivity index (χ4n) is 1.54. The minimum absolute atomic E-state index is 0.0645. The van der Waals surface area contributed by atoms with Crippen LogP contribution in [0.25, 0.3) is 0 Å². The third-order valence-corrected chi connectivity index (χ3v) is 3.18. The number of nitrogens with one attached hydrogen (secondary N) is 2. The average molecular weight is 236 g/mol. The Morgan fingerprint density at radius 3 is 2.94 bits per heavy atom. The van der Waals surface area contributed by atoms with Gasteiger partial charge in [-0.05, 0) is 24.9 Å². The van der Waals surface area contributed by atoms with Crippen molar-refractivity contribution >= 4 is 23.6 Å². The predicted molar refractivity (Wildman–Crippen MR) is 61.6 cm³/mol. The van der Waals surface area contributed by atoms with Crippen LogP contribution in [-0.2, 0) is 9.59 Å². The second-order valence-electron chi connectivity index (χ2n) is 3.64. The molecule has 0 saturated carbocycles. The van der Waals surface area contributed by atoms with Gasteiger partial charge >= 0.3 is 0 Å². The minimum Gasteiger partial charge on any atom is -0.336 e. The molecule has 1 heterocycles. The number of benzene rings is 1. The number of hydrogen-bond donors (Lipinski definition) is 2. The highest BCUT2D eigenvalue weighted by Gasteiger charge is 2.23. The monoisotopic (exact) mass is 236 g/mol. The van der Waals surface area contributed by atoms with Crippen LogP contribution >= 0.6 is 11.9 Å². The lowest BCUT2D eigenvalue weighted by atomic mass is 10.1. The van der Waals surface area contributed by atoms with Gasteiger partial charge in [0.25, 0.3) is 0 Å². The molecule has 1 aromatic carbocycles. The molecule has 2 rings (SSSR count). The van der Waals surface area contributed by atoms with Crippen LogP contribution in [0.2, 0.25) is 0 Å². The molecule has 5 heteroatoms. The van der Waals surface area contributed by atoms with E-state index in [-0.39, 0.29) is 24.3 Å². The molecular formula is C11H12N2O2S. The fraction of sp³-hybridized carbons (Fsp3) is 0.273. The lowest BCUT2D eigenvalue weighted by Crippen LogP contribution is -2.33. The second-order valence-corrected chi connectivity index (χ2v) is 4.52. The van der Waals surface area contributed by atoms with Gasteiger partial charge in [-0.1, -0.05) is 18.2 Å². The molecule has 1 unspecified atom stereocenters. The van der Waals surface area contributed by atoms with Crippen molar-refractivity contribution in [2.75, 3.05) is 0 Å². The number of ketones is 1. The van der Waals surface area contributed by atoms with Crippen molar-refractivity contribution in [1.29, 1.82) is 0 Å². The van der Waals surface area contributed by atoms with Gasteiger partial charge < -0.3 is 5.32 Å². The maximum Gasteiger partial charge on any atom is 0.228 e. The average Bonchev–Trinajstić information content (AvgIpc) is 2.61. The van der Waals surface area contributed by atoms with Gasteiger partial charge in [-0.2, -0.15) is 0 Å². The van der Waals surface area contributed by atoms with Gasteiger partial charge in [-0.3, -0.25) is 9.59 Å². The van der Waals surface area contributed by atoms with E-state index in [0.29, 0.717) is 0 Å². The SMILES string of the molecule is CC(=O)CC(=O)NC1NSc2ccccc21. The van der Waals surface area contributed by atoms with Crippen LogP contribution in [0.15, 0.2) is 29.2 Å². The van der Waals surface area contributed by atoms with Crippen LogP contribution in [0.1, 0.15) is 25.1 Å². The summed E-state index contributed by atoms with van der Waals surface area (Å²) in [4.78, 5) is 23.3. The van der Waals surface area contributed by atoms with Crippen molar-refractivity contribution in [2.45, 2.75) is 24.4 Å². The first-order valence-electron chi connectivity index (χ1n) is 4.97. The quantitative estimate of drug-likeness (QED) is 0.615. The maximum atomic E-state index is 11.4. The van der Waals surface area contributed by atoms with Crippen LogP contribution in [0.4, 0.5) is 0 Å². The number of carbonyl (C=O) groups is 2. The van der Waals surface area contributed by atoms with Gasteiger partial charge in [0.05, 0.1) is 6.42 Å². The van der Waals surface area contributed by atoms with E-state index < -0.39 is 0 Å². The Balaban J connectivity index is 2.03. The summed E-state index contributed by atoms with van der Waals surface area (Å²) >= 11 is 1.49. The summed E-state index contributed by atoms with van der Waals surface area (Å²) in [6.07, 6.45) is -0.265. The Morgan fingerprint density at radius 2 is 2.19 bits per heavy atom. The van der Waals surface area contributed by atoms with Gasteiger partial charge in [0.1, 0.15) is 11.9 Å². The number of fused-ring (bicyclic) bond motifs is 1. The van der Waals surface area contributed by atoms with Crippen LogP contribution in [0, 0.1) is 0 Å². The zero-order valence-corrected chi connectivity index (χ0v) is 9.64. The summed E-state index contributed by atoms with van der Waals surface area (Å²) in [7, 11) is 0. The molecule has 1 aliphatic rings. The predicted octanol–water partition coefficient (Wildman–Crippen LogP) is 1.39. The van der Waals surface area contributed by atoms with Crippen molar-refractivity contribution in [2.24, 2.45) is 0 Å². The molecule has 16 heavy (non-hydrogen) atoms. The van der Waals surface area contributed by atoms with Gasteiger partial charge in [0.15, 0.2) is 0 Å². The van der Waals surface area contributed by atoms with Crippen LogP contribution in [0.3, 0.4) is 0 Å². The van der Waals surface area contributed by atoms with Crippen molar-refractivity contribution in [1.82, 2.24) is 10.0 Å². The number of hydrogen-bond acceptors (Lipinski definition) is 4. The zero-order chi connectivity index (χ0) is 11.5. The molecule has 0 aliphatic carbocycles. The van der Waals surface area contributed by atoms with Crippen LogP contribution < -0.4 is 10.0 Å². The molecule has 4 nitrogen and oxygen atoms in total. The van der Waals surface area contributed by atoms with Gasteiger partial charge in [-0.25, -0.2) is 4.72 Å². The van der Waals surface area contributed by atoms with E-state index in [1.165, 1.54) is 18.9 Å². The number of rotatable bonds is 3. The molecule has 1 atom stereocenters. The van der Waals surface area contributed by atoms with E-state index in [1.54, 1.807) is 0 Å². The third kappa shape index (κ3) is 2.43. The van der Waals surface area contributed by atoms with Gasteiger partial charge in [0.2, 0.25) is 5.91 Å². The molecule has 1 amide bonds.